The molecular weight excluding hydrogens is 252 g/mol. The maximum absolute atomic E-state index is 4.46. The van der Waals surface area contributed by atoms with Gasteiger partial charge in [-0.15, -0.1) is 0 Å². The minimum Gasteiger partial charge on any atom is -0.259 e. The Morgan fingerprint density at radius 1 is 1.33 bits per heavy atom. The summed E-state index contributed by atoms with van der Waals surface area (Å²) in [4.78, 5) is 8.87. The molecule has 1 aliphatic heterocycles. The number of rotatable bonds is 0. The molecule has 1 aromatic heterocycles. The lowest BCUT2D eigenvalue weighted by atomic mass is 10.0. The smallest absolute Gasteiger partial charge is 0.0961 e. The van der Waals surface area contributed by atoms with Gasteiger partial charge in [0.25, 0.3) is 0 Å². The number of halogens is 1. The highest BCUT2D eigenvalue weighted by molar-refractivity contribution is 9.10. The molecule has 0 saturated carbocycles. The number of hydrogen-bond acceptors (Lipinski definition) is 2. The largest absolute Gasteiger partial charge is 0.259 e. The second kappa shape index (κ2) is 3.42. The van der Waals surface area contributed by atoms with E-state index < -0.39 is 0 Å². The lowest BCUT2D eigenvalue weighted by molar-refractivity contribution is 1.02. The van der Waals surface area contributed by atoms with Gasteiger partial charge in [-0.3, -0.25) is 9.98 Å². The zero-order chi connectivity index (χ0) is 10.3. The Hall–Kier alpha value is -1.22. The first-order valence-electron chi connectivity index (χ1n) is 4.95. The van der Waals surface area contributed by atoms with Crippen LogP contribution < -0.4 is 0 Å². The third-order valence-corrected chi connectivity index (χ3v) is 3.37. The molecule has 0 atom stereocenters. The summed E-state index contributed by atoms with van der Waals surface area (Å²) in [5, 5.41) is 1.14. The van der Waals surface area contributed by atoms with E-state index in [-0.39, 0.29) is 0 Å². The van der Waals surface area contributed by atoms with E-state index in [0.29, 0.717) is 0 Å². The molecule has 0 bridgehead atoms. The molecule has 0 fully saturated rings. The number of benzene rings is 1. The SMILES string of the molecule is Brc1cc2cccnc2c2c1CCC=N2. The third-order valence-electron chi connectivity index (χ3n) is 2.66. The first-order valence-corrected chi connectivity index (χ1v) is 5.74. The van der Waals surface area contributed by atoms with Crippen LogP contribution >= 0.6 is 15.9 Å². The molecule has 1 aromatic carbocycles. The van der Waals surface area contributed by atoms with Gasteiger partial charge < -0.3 is 0 Å². The van der Waals surface area contributed by atoms with Crippen LogP contribution in [0.1, 0.15) is 12.0 Å². The van der Waals surface area contributed by atoms with Crippen LogP contribution in [0, 0.1) is 0 Å². The fourth-order valence-corrected chi connectivity index (χ4v) is 2.59. The summed E-state index contributed by atoms with van der Waals surface area (Å²) in [6.45, 7) is 0. The molecule has 15 heavy (non-hydrogen) atoms. The summed E-state index contributed by atoms with van der Waals surface area (Å²) in [5.41, 5.74) is 3.32. The van der Waals surface area contributed by atoms with Gasteiger partial charge in [0.05, 0.1) is 11.2 Å². The summed E-state index contributed by atoms with van der Waals surface area (Å²) in [6, 6.07) is 6.15. The Balaban J connectivity index is 2.46. The molecule has 3 rings (SSSR count). The van der Waals surface area contributed by atoms with Crippen molar-refractivity contribution in [3.05, 3.63) is 34.4 Å². The van der Waals surface area contributed by atoms with E-state index in [4.69, 9.17) is 0 Å². The Morgan fingerprint density at radius 2 is 2.27 bits per heavy atom. The molecule has 0 aliphatic carbocycles. The van der Waals surface area contributed by atoms with E-state index in [1.807, 2.05) is 18.5 Å². The molecule has 1 aliphatic rings. The van der Waals surface area contributed by atoms with Crippen LogP contribution in [-0.4, -0.2) is 11.2 Å². The summed E-state index contributed by atoms with van der Waals surface area (Å²) in [6.07, 6.45) is 5.86. The van der Waals surface area contributed by atoms with Crippen LogP contribution in [0.2, 0.25) is 0 Å². The van der Waals surface area contributed by atoms with Gasteiger partial charge in [0.2, 0.25) is 0 Å². The van der Waals surface area contributed by atoms with E-state index >= 15 is 0 Å². The van der Waals surface area contributed by atoms with Crippen molar-refractivity contribution >= 4 is 38.7 Å². The van der Waals surface area contributed by atoms with E-state index in [1.165, 1.54) is 5.56 Å². The second-order valence-corrected chi connectivity index (χ2v) is 4.47. The number of hydrogen-bond donors (Lipinski definition) is 0. The van der Waals surface area contributed by atoms with Crippen molar-refractivity contribution in [1.82, 2.24) is 4.98 Å². The minimum absolute atomic E-state index is 1.01. The van der Waals surface area contributed by atoms with Gasteiger partial charge in [0.15, 0.2) is 0 Å². The molecule has 0 amide bonds. The first-order chi connectivity index (χ1) is 7.36. The Kier molecular flexibility index (Phi) is 2.06. The number of aliphatic imine (C=N–C) groups is 1. The van der Waals surface area contributed by atoms with E-state index in [1.54, 1.807) is 0 Å². The third kappa shape index (κ3) is 1.38. The predicted octanol–water partition coefficient (Wildman–Crippen LogP) is 3.65. The van der Waals surface area contributed by atoms with Crippen LogP contribution in [-0.2, 0) is 6.42 Å². The summed E-state index contributed by atoms with van der Waals surface area (Å²) in [7, 11) is 0. The highest BCUT2D eigenvalue weighted by atomic mass is 79.9. The van der Waals surface area contributed by atoms with Gasteiger partial charge >= 0.3 is 0 Å². The summed E-state index contributed by atoms with van der Waals surface area (Å²) < 4.78 is 1.15. The summed E-state index contributed by atoms with van der Waals surface area (Å²) >= 11 is 3.60. The average Bonchev–Trinajstić information content (AvgIpc) is 2.30. The topological polar surface area (TPSA) is 25.2 Å². The number of fused-ring (bicyclic) bond motifs is 3. The summed E-state index contributed by atoms with van der Waals surface area (Å²) in [5.74, 6) is 0. The molecule has 74 valence electrons. The van der Waals surface area contributed by atoms with Crippen molar-refractivity contribution in [2.45, 2.75) is 12.8 Å². The fraction of sp³-hybridized carbons (Fsp3) is 0.167. The van der Waals surface area contributed by atoms with E-state index in [2.05, 4.69) is 38.0 Å². The van der Waals surface area contributed by atoms with Crippen LogP contribution in [0.25, 0.3) is 10.9 Å². The average molecular weight is 261 g/mol. The number of nitrogens with zero attached hydrogens (tertiary/aromatic N) is 2. The lowest BCUT2D eigenvalue weighted by Gasteiger charge is -2.13. The molecule has 0 unspecified atom stereocenters. The molecular formula is C12H9BrN2. The molecule has 2 heterocycles. The number of aromatic nitrogens is 1. The lowest BCUT2D eigenvalue weighted by Crippen LogP contribution is -1.96. The zero-order valence-electron chi connectivity index (χ0n) is 8.07. The van der Waals surface area contributed by atoms with Gasteiger partial charge in [-0.25, -0.2) is 0 Å². The van der Waals surface area contributed by atoms with Crippen molar-refractivity contribution in [3.8, 4) is 0 Å². The highest BCUT2D eigenvalue weighted by Crippen LogP contribution is 2.36. The zero-order valence-corrected chi connectivity index (χ0v) is 9.66. The molecule has 2 aromatic rings. The standard InChI is InChI=1S/C12H9BrN2/c13-10-7-8-3-1-5-14-11(8)12-9(10)4-2-6-15-12/h1,3,5-7H,2,4H2. The Bertz CT molecular complexity index is 561. The Labute approximate surface area is 96.2 Å². The van der Waals surface area contributed by atoms with E-state index in [0.717, 1.165) is 33.9 Å². The van der Waals surface area contributed by atoms with Gasteiger partial charge in [-0.1, -0.05) is 22.0 Å². The van der Waals surface area contributed by atoms with Crippen molar-refractivity contribution in [2.24, 2.45) is 4.99 Å². The van der Waals surface area contributed by atoms with Crippen LogP contribution in [0.4, 0.5) is 5.69 Å². The minimum atomic E-state index is 1.01. The van der Waals surface area contributed by atoms with Crippen molar-refractivity contribution in [3.63, 3.8) is 0 Å². The number of pyridine rings is 1. The molecule has 0 radical (unpaired) electrons. The van der Waals surface area contributed by atoms with Gasteiger partial charge in [0.1, 0.15) is 0 Å². The monoisotopic (exact) mass is 260 g/mol. The van der Waals surface area contributed by atoms with Gasteiger partial charge in [0, 0.05) is 22.3 Å². The van der Waals surface area contributed by atoms with Crippen molar-refractivity contribution in [2.75, 3.05) is 0 Å². The predicted molar refractivity (Wildman–Crippen MR) is 65.9 cm³/mol. The second-order valence-electron chi connectivity index (χ2n) is 3.61. The van der Waals surface area contributed by atoms with Gasteiger partial charge in [-0.05, 0) is 30.5 Å². The van der Waals surface area contributed by atoms with Crippen molar-refractivity contribution < 1.29 is 0 Å². The van der Waals surface area contributed by atoms with Crippen LogP contribution in [0.15, 0.2) is 33.9 Å². The molecule has 0 N–H and O–H groups in total. The van der Waals surface area contributed by atoms with Crippen molar-refractivity contribution in [1.29, 1.82) is 0 Å². The normalized spacial score (nSPS) is 14.2. The first kappa shape index (κ1) is 9.04. The maximum atomic E-state index is 4.46. The quantitative estimate of drug-likeness (QED) is 0.710. The van der Waals surface area contributed by atoms with Crippen LogP contribution in [0.3, 0.4) is 0 Å². The molecule has 3 heteroatoms. The highest BCUT2D eigenvalue weighted by Gasteiger charge is 2.13. The van der Waals surface area contributed by atoms with Crippen LogP contribution in [0.5, 0.6) is 0 Å². The molecule has 0 spiro atoms. The van der Waals surface area contributed by atoms with E-state index in [9.17, 15) is 0 Å². The fourth-order valence-electron chi connectivity index (χ4n) is 1.95. The maximum Gasteiger partial charge on any atom is 0.0961 e. The Morgan fingerprint density at radius 3 is 3.20 bits per heavy atom. The molecule has 0 saturated heterocycles. The van der Waals surface area contributed by atoms with Gasteiger partial charge in [-0.2, -0.15) is 0 Å². The molecule has 2 nitrogen and oxygen atoms in total.